The molecule has 1 aromatic rings. The third kappa shape index (κ3) is 11.3. The molecule has 0 aromatic heterocycles. The van der Waals surface area contributed by atoms with Crippen molar-refractivity contribution in [2.45, 2.75) is 108 Å². The fourth-order valence-electron chi connectivity index (χ4n) is 4.16. The van der Waals surface area contributed by atoms with Crippen LogP contribution in [0.2, 0.25) is 0 Å². The Morgan fingerprint density at radius 2 is 1.85 bits per heavy atom. The molecule has 5 atom stereocenters. The number of hydrogen-bond donors (Lipinski definition) is 4. The van der Waals surface area contributed by atoms with Gasteiger partial charge in [-0.2, -0.15) is 0 Å². The van der Waals surface area contributed by atoms with Crippen molar-refractivity contribution in [3.63, 3.8) is 0 Å². The first-order valence-electron chi connectivity index (χ1n) is 12.3. The number of hydrogen-bond acceptors (Lipinski definition) is 7. The summed E-state index contributed by atoms with van der Waals surface area (Å²) in [6, 6.07) is 4.08. The second-order valence-corrected chi connectivity index (χ2v) is 9.67. The van der Waals surface area contributed by atoms with Crippen molar-refractivity contribution in [1.82, 2.24) is 0 Å². The van der Waals surface area contributed by atoms with Crippen LogP contribution in [0.1, 0.15) is 79.1 Å². The maximum absolute atomic E-state index is 13.2. The predicted molar refractivity (Wildman–Crippen MR) is 136 cm³/mol. The highest BCUT2D eigenvalue weighted by atomic mass is 32.1. The van der Waals surface area contributed by atoms with E-state index in [0.717, 1.165) is 25.7 Å². The molecule has 0 radical (unpaired) electrons. The van der Waals surface area contributed by atoms with Crippen LogP contribution in [0, 0.1) is 17.7 Å². The van der Waals surface area contributed by atoms with Gasteiger partial charge >= 0.3 is 5.97 Å². The molecule has 1 aliphatic carbocycles. The van der Waals surface area contributed by atoms with Crippen LogP contribution in [-0.4, -0.2) is 51.9 Å². The van der Waals surface area contributed by atoms with Gasteiger partial charge in [0.2, 0.25) is 0 Å². The van der Waals surface area contributed by atoms with Gasteiger partial charge in [0.05, 0.1) is 30.1 Å². The van der Waals surface area contributed by atoms with Gasteiger partial charge in [0.25, 0.3) is 0 Å². The Balaban J connectivity index is 0.000000489. The number of aliphatic imine (C=N–C) groups is 1. The Hall–Kier alpha value is -1.48. The Labute approximate surface area is 209 Å². The zero-order valence-corrected chi connectivity index (χ0v) is 21.8. The van der Waals surface area contributed by atoms with Crippen LogP contribution in [-0.2, 0) is 9.53 Å². The van der Waals surface area contributed by atoms with Gasteiger partial charge < -0.3 is 20.1 Å². The number of rotatable bonds is 11. The molecule has 0 spiro atoms. The summed E-state index contributed by atoms with van der Waals surface area (Å²) in [5.41, 5.74) is 0.373. The SMILES string of the molecule is CCCCC(=O)OC(C)C.CCC[C@@H]1[C@@H](CCC(O)C=Nc2cc(F)ccc2S)[C@H](O)C[C@@H]1O. The van der Waals surface area contributed by atoms with E-state index in [1.807, 2.05) is 13.8 Å². The van der Waals surface area contributed by atoms with E-state index >= 15 is 0 Å². The summed E-state index contributed by atoms with van der Waals surface area (Å²) in [6.45, 7) is 7.85. The highest BCUT2D eigenvalue weighted by Crippen LogP contribution is 2.38. The number of benzene rings is 1. The monoisotopic (exact) mass is 499 g/mol. The largest absolute Gasteiger partial charge is 0.463 e. The molecule has 0 amide bonds. The zero-order valence-electron chi connectivity index (χ0n) is 20.9. The molecule has 3 N–H and O–H groups in total. The summed E-state index contributed by atoms with van der Waals surface area (Å²) >= 11 is 4.20. The molecule has 1 aliphatic rings. The number of carbonyl (C=O) groups is 1. The molecule has 0 aliphatic heterocycles. The van der Waals surface area contributed by atoms with Gasteiger partial charge in [-0.15, -0.1) is 12.6 Å². The van der Waals surface area contributed by atoms with Crippen molar-refractivity contribution in [3.8, 4) is 0 Å². The van der Waals surface area contributed by atoms with Gasteiger partial charge in [0.15, 0.2) is 0 Å². The van der Waals surface area contributed by atoms with E-state index < -0.39 is 24.1 Å². The molecule has 2 rings (SSSR count). The summed E-state index contributed by atoms with van der Waals surface area (Å²) in [6.07, 6.45) is 5.49. The zero-order chi connectivity index (χ0) is 25.7. The lowest BCUT2D eigenvalue weighted by molar-refractivity contribution is -0.147. The highest BCUT2D eigenvalue weighted by molar-refractivity contribution is 7.80. The van der Waals surface area contributed by atoms with Crippen molar-refractivity contribution in [2.24, 2.45) is 16.8 Å². The second-order valence-electron chi connectivity index (χ2n) is 9.18. The maximum Gasteiger partial charge on any atom is 0.306 e. The van der Waals surface area contributed by atoms with E-state index in [1.165, 1.54) is 24.4 Å². The normalized spacial score (nSPS) is 23.1. The Bertz CT molecular complexity index is 761. The van der Waals surface area contributed by atoms with Gasteiger partial charge in [0, 0.05) is 23.6 Å². The van der Waals surface area contributed by atoms with E-state index in [0.29, 0.717) is 36.3 Å². The molecule has 1 saturated carbocycles. The van der Waals surface area contributed by atoms with Crippen LogP contribution in [0.25, 0.3) is 0 Å². The number of ether oxygens (including phenoxy) is 1. The first-order valence-corrected chi connectivity index (χ1v) is 12.8. The Morgan fingerprint density at radius 1 is 1.21 bits per heavy atom. The lowest BCUT2D eigenvalue weighted by Crippen LogP contribution is -2.24. The van der Waals surface area contributed by atoms with Gasteiger partial charge in [-0.1, -0.05) is 26.7 Å². The fourth-order valence-corrected chi connectivity index (χ4v) is 4.36. The average Bonchev–Trinajstić information content (AvgIpc) is 3.04. The summed E-state index contributed by atoms with van der Waals surface area (Å²) in [7, 11) is 0. The summed E-state index contributed by atoms with van der Waals surface area (Å²) in [5.74, 6) is -0.393. The third-order valence-electron chi connectivity index (χ3n) is 5.86. The summed E-state index contributed by atoms with van der Waals surface area (Å²) in [5, 5.41) is 30.2. The third-order valence-corrected chi connectivity index (χ3v) is 6.24. The number of unbranched alkanes of at least 4 members (excludes halogenated alkanes) is 1. The van der Waals surface area contributed by atoms with Crippen LogP contribution < -0.4 is 0 Å². The van der Waals surface area contributed by atoms with Crippen LogP contribution in [0.3, 0.4) is 0 Å². The molecule has 1 fully saturated rings. The van der Waals surface area contributed by atoms with Crippen molar-refractivity contribution >= 4 is 30.5 Å². The van der Waals surface area contributed by atoms with Crippen molar-refractivity contribution < 1.29 is 29.2 Å². The van der Waals surface area contributed by atoms with Gasteiger partial charge in [-0.3, -0.25) is 9.79 Å². The van der Waals surface area contributed by atoms with Crippen LogP contribution in [0.15, 0.2) is 28.1 Å². The van der Waals surface area contributed by atoms with E-state index in [2.05, 4.69) is 31.5 Å². The Kier molecular flexibility index (Phi) is 14.6. The fraction of sp³-hybridized carbons (Fsp3) is 0.692. The minimum absolute atomic E-state index is 0.00221. The maximum atomic E-state index is 13.2. The molecule has 1 unspecified atom stereocenters. The minimum atomic E-state index is -0.784. The molecule has 0 bridgehead atoms. The smallest absolute Gasteiger partial charge is 0.306 e. The topological polar surface area (TPSA) is 99.4 Å². The summed E-state index contributed by atoms with van der Waals surface area (Å²) in [4.78, 5) is 15.4. The molecular formula is C26H42FNO5S. The van der Waals surface area contributed by atoms with Crippen molar-refractivity contribution in [2.75, 3.05) is 0 Å². The lowest BCUT2D eigenvalue weighted by atomic mass is 9.85. The number of esters is 1. The molecule has 194 valence electrons. The standard InChI is InChI=1S/C18H26FNO3S.C8H16O2/c1-2-3-13-14(17(23)9-16(13)22)6-5-12(21)10-20-15-8-11(19)4-7-18(15)24;1-4-5-6-8(9)10-7(2)3/h4,7-8,10,12-14,16-17,21-24H,2-3,5-6,9H2,1H3;7H,4-6H2,1-3H3/t12?,13-,14-,16+,17-;/m1./s1. The lowest BCUT2D eigenvalue weighted by Gasteiger charge is -2.23. The number of carbonyl (C=O) groups excluding carboxylic acids is 1. The quantitative estimate of drug-likeness (QED) is 0.189. The first kappa shape index (κ1) is 30.6. The van der Waals surface area contributed by atoms with E-state index in [9.17, 15) is 24.5 Å². The number of thiol groups is 1. The van der Waals surface area contributed by atoms with Crippen LogP contribution >= 0.6 is 12.6 Å². The van der Waals surface area contributed by atoms with Gasteiger partial charge in [0.1, 0.15) is 5.82 Å². The van der Waals surface area contributed by atoms with E-state index in [1.54, 1.807) is 0 Å². The molecule has 34 heavy (non-hydrogen) atoms. The van der Waals surface area contributed by atoms with E-state index in [-0.39, 0.29) is 23.9 Å². The highest BCUT2D eigenvalue weighted by Gasteiger charge is 2.40. The van der Waals surface area contributed by atoms with Gasteiger partial charge in [-0.05, 0) is 69.9 Å². The van der Waals surface area contributed by atoms with Gasteiger partial charge in [-0.25, -0.2) is 4.39 Å². The summed E-state index contributed by atoms with van der Waals surface area (Å²) < 4.78 is 18.1. The molecular weight excluding hydrogens is 457 g/mol. The molecule has 8 heteroatoms. The average molecular weight is 500 g/mol. The molecule has 1 aromatic carbocycles. The van der Waals surface area contributed by atoms with Crippen molar-refractivity contribution in [3.05, 3.63) is 24.0 Å². The molecule has 0 heterocycles. The minimum Gasteiger partial charge on any atom is -0.463 e. The number of aliphatic hydroxyl groups excluding tert-OH is 3. The second kappa shape index (κ2) is 16.2. The predicted octanol–water partition coefficient (Wildman–Crippen LogP) is 5.24. The van der Waals surface area contributed by atoms with Crippen molar-refractivity contribution in [1.29, 1.82) is 0 Å². The molecule has 6 nitrogen and oxygen atoms in total. The Morgan fingerprint density at radius 3 is 2.44 bits per heavy atom. The first-order chi connectivity index (χ1) is 16.1. The van der Waals surface area contributed by atoms with Crippen LogP contribution in [0.4, 0.5) is 10.1 Å². The number of aliphatic hydroxyl groups is 3. The van der Waals surface area contributed by atoms with E-state index in [4.69, 9.17) is 4.74 Å². The molecule has 0 saturated heterocycles. The number of halogens is 1. The van der Waals surface area contributed by atoms with Crippen LogP contribution in [0.5, 0.6) is 0 Å². The number of nitrogens with zero attached hydrogens (tertiary/aromatic N) is 1.